The lowest BCUT2D eigenvalue weighted by Crippen LogP contribution is -2.31. The van der Waals surface area contributed by atoms with Gasteiger partial charge in [0.1, 0.15) is 5.82 Å². The van der Waals surface area contributed by atoms with Crippen LogP contribution in [0.25, 0.3) is 0 Å². The second-order valence-corrected chi connectivity index (χ2v) is 4.87. The molecule has 0 unspecified atom stereocenters. The standard InChI is InChI=1S/C13H19N3O/c1-2-13(16-12-9-17-8-11(1)12)15-7-10-3-5-14-6-4-10/h1-2,10,14H,3-9H2,(H,15,16). The van der Waals surface area contributed by atoms with E-state index in [2.05, 4.69) is 27.8 Å². The van der Waals surface area contributed by atoms with Gasteiger partial charge in [-0.1, -0.05) is 6.07 Å². The van der Waals surface area contributed by atoms with Gasteiger partial charge in [0.05, 0.1) is 18.9 Å². The Morgan fingerprint density at radius 3 is 3.06 bits per heavy atom. The molecule has 0 spiro atoms. The summed E-state index contributed by atoms with van der Waals surface area (Å²) in [4.78, 5) is 4.59. The molecular formula is C13H19N3O. The number of hydrogen-bond acceptors (Lipinski definition) is 4. The van der Waals surface area contributed by atoms with Gasteiger partial charge in [-0.3, -0.25) is 0 Å². The van der Waals surface area contributed by atoms with Crippen LogP contribution in [0.15, 0.2) is 12.1 Å². The molecule has 2 N–H and O–H groups in total. The van der Waals surface area contributed by atoms with E-state index in [1.807, 2.05) is 0 Å². The molecular weight excluding hydrogens is 214 g/mol. The van der Waals surface area contributed by atoms with Gasteiger partial charge >= 0.3 is 0 Å². The maximum Gasteiger partial charge on any atom is 0.126 e. The van der Waals surface area contributed by atoms with E-state index in [9.17, 15) is 0 Å². The van der Waals surface area contributed by atoms with Crippen LogP contribution in [0, 0.1) is 5.92 Å². The second-order valence-electron chi connectivity index (χ2n) is 4.87. The van der Waals surface area contributed by atoms with Gasteiger partial charge in [-0.15, -0.1) is 0 Å². The zero-order valence-electron chi connectivity index (χ0n) is 10.0. The SMILES string of the molecule is c1cc2c(nc1NCC1CCNCC1)COC2. The molecule has 2 aliphatic heterocycles. The average Bonchev–Trinajstić information content (AvgIpc) is 2.85. The Morgan fingerprint density at radius 1 is 1.29 bits per heavy atom. The molecule has 1 fully saturated rings. The monoisotopic (exact) mass is 233 g/mol. The summed E-state index contributed by atoms with van der Waals surface area (Å²) >= 11 is 0. The van der Waals surface area contributed by atoms with E-state index in [0.717, 1.165) is 43.7 Å². The number of hydrogen-bond donors (Lipinski definition) is 2. The number of nitrogens with zero attached hydrogens (tertiary/aromatic N) is 1. The summed E-state index contributed by atoms with van der Waals surface area (Å²) in [5.74, 6) is 1.77. The molecule has 1 aromatic rings. The van der Waals surface area contributed by atoms with E-state index in [4.69, 9.17) is 4.74 Å². The molecule has 0 radical (unpaired) electrons. The molecule has 0 aromatic carbocycles. The van der Waals surface area contributed by atoms with Crippen molar-refractivity contribution in [1.82, 2.24) is 10.3 Å². The van der Waals surface area contributed by atoms with Crippen LogP contribution >= 0.6 is 0 Å². The lowest BCUT2D eigenvalue weighted by atomic mass is 9.98. The molecule has 0 atom stereocenters. The van der Waals surface area contributed by atoms with Crippen LogP contribution < -0.4 is 10.6 Å². The molecule has 1 saturated heterocycles. The number of piperidine rings is 1. The zero-order chi connectivity index (χ0) is 11.5. The highest BCUT2D eigenvalue weighted by Crippen LogP contribution is 2.20. The third kappa shape index (κ3) is 2.58. The fraction of sp³-hybridized carbons (Fsp3) is 0.615. The minimum atomic E-state index is 0.665. The summed E-state index contributed by atoms with van der Waals surface area (Å²) in [6.07, 6.45) is 2.53. The summed E-state index contributed by atoms with van der Waals surface area (Å²) in [5.41, 5.74) is 2.33. The van der Waals surface area contributed by atoms with Crippen molar-refractivity contribution in [2.24, 2.45) is 5.92 Å². The van der Waals surface area contributed by atoms with Crippen molar-refractivity contribution in [3.8, 4) is 0 Å². The van der Waals surface area contributed by atoms with Crippen LogP contribution in [-0.4, -0.2) is 24.6 Å². The lowest BCUT2D eigenvalue weighted by molar-refractivity contribution is 0.133. The molecule has 3 heterocycles. The largest absolute Gasteiger partial charge is 0.370 e. The van der Waals surface area contributed by atoms with E-state index >= 15 is 0 Å². The predicted octanol–water partition coefficient (Wildman–Crippen LogP) is 1.52. The first-order chi connectivity index (χ1) is 8.42. The van der Waals surface area contributed by atoms with E-state index in [0.29, 0.717) is 6.61 Å². The Kier molecular flexibility index (Phi) is 3.25. The number of ether oxygens (including phenoxy) is 1. The molecule has 0 bridgehead atoms. The molecule has 92 valence electrons. The second kappa shape index (κ2) is 5.02. The number of nitrogens with one attached hydrogen (secondary N) is 2. The summed E-state index contributed by atoms with van der Waals surface area (Å²) < 4.78 is 5.37. The van der Waals surface area contributed by atoms with Crippen molar-refractivity contribution in [3.05, 3.63) is 23.4 Å². The Morgan fingerprint density at radius 2 is 2.18 bits per heavy atom. The molecule has 0 aliphatic carbocycles. The smallest absolute Gasteiger partial charge is 0.126 e. The zero-order valence-corrected chi connectivity index (χ0v) is 10.0. The van der Waals surface area contributed by atoms with Gasteiger partial charge in [0, 0.05) is 12.1 Å². The Labute approximate surface area is 102 Å². The van der Waals surface area contributed by atoms with Gasteiger partial charge in [0.25, 0.3) is 0 Å². The lowest BCUT2D eigenvalue weighted by Gasteiger charge is -2.23. The van der Waals surface area contributed by atoms with Gasteiger partial charge in [-0.2, -0.15) is 0 Å². The number of rotatable bonds is 3. The third-order valence-electron chi connectivity index (χ3n) is 3.60. The summed E-state index contributed by atoms with van der Waals surface area (Å²) in [6, 6.07) is 4.19. The Hall–Kier alpha value is -1.13. The van der Waals surface area contributed by atoms with E-state index < -0.39 is 0 Å². The number of aromatic nitrogens is 1. The van der Waals surface area contributed by atoms with Gasteiger partial charge in [0.2, 0.25) is 0 Å². The Balaban J connectivity index is 1.57. The van der Waals surface area contributed by atoms with Crippen LogP contribution in [0.2, 0.25) is 0 Å². The van der Waals surface area contributed by atoms with Crippen molar-refractivity contribution in [1.29, 1.82) is 0 Å². The minimum Gasteiger partial charge on any atom is -0.370 e. The molecule has 17 heavy (non-hydrogen) atoms. The summed E-state index contributed by atoms with van der Waals surface area (Å²) in [5, 5.41) is 6.84. The summed E-state index contributed by atoms with van der Waals surface area (Å²) in [7, 11) is 0. The molecule has 1 aromatic heterocycles. The Bertz CT molecular complexity index is 388. The average molecular weight is 233 g/mol. The van der Waals surface area contributed by atoms with Gasteiger partial charge in [0.15, 0.2) is 0 Å². The normalized spacial score (nSPS) is 20.2. The first-order valence-corrected chi connectivity index (χ1v) is 6.43. The van der Waals surface area contributed by atoms with Gasteiger partial charge in [-0.25, -0.2) is 4.98 Å². The predicted molar refractivity (Wildman–Crippen MR) is 66.8 cm³/mol. The molecule has 3 rings (SSSR count). The van der Waals surface area contributed by atoms with Crippen molar-refractivity contribution < 1.29 is 4.74 Å². The van der Waals surface area contributed by atoms with Crippen LogP contribution in [0.4, 0.5) is 5.82 Å². The topological polar surface area (TPSA) is 46.2 Å². The van der Waals surface area contributed by atoms with E-state index in [-0.39, 0.29) is 0 Å². The van der Waals surface area contributed by atoms with Crippen molar-refractivity contribution in [3.63, 3.8) is 0 Å². The maximum atomic E-state index is 5.37. The molecule has 0 saturated carbocycles. The first kappa shape index (κ1) is 11.0. The van der Waals surface area contributed by atoms with E-state index in [1.165, 1.54) is 18.4 Å². The minimum absolute atomic E-state index is 0.665. The fourth-order valence-corrected chi connectivity index (χ4v) is 2.48. The fourth-order valence-electron chi connectivity index (χ4n) is 2.48. The highest BCUT2D eigenvalue weighted by Gasteiger charge is 2.15. The molecule has 0 amide bonds. The van der Waals surface area contributed by atoms with Crippen molar-refractivity contribution in [2.75, 3.05) is 25.0 Å². The highest BCUT2D eigenvalue weighted by molar-refractivity contribution is 5.39. The molecule has 4 nitrogen and oxygen atoms in total. The van der Waals surface area contributed by atoms with Crippen LogP contribution in [0.5, 0.6) is 0 Å². The van der Waals surface area contributed by atoms with Crippen molar-refractivity contribution >= 4 is 5.82 Å². The van der Waals surface area contributed by atoms with Crippen LogP contribution in [-0.2, 0) is 18.0 Å². The number of pyridine rings is 1. The van der Waals surface area contributed by atoms with Crippen LogP contribution in [0.1, 0.15) is 24.1 Å². The van der Waals surface area contributed by atoms with Gasteiger partial charge < -0.3 is 15.4 Å². The number of anilines is 1. The highest BCUT2D eigenvalue weighted by atomic mass is 16.5. The summed E-state index contributed by atoms with van der Waals surface area (Å²) in [6.45, 7) is 4.72. The maximum absolute atomic E-state index is 5.37. The molecule has 4 heteroatoms. The third-order valence-corrected chi connectivity index (χ3v) is 3.60. The van der Waals surface area contributed by atoms with E-state index in [1.54, 1.807) is 0 Å². The number of fused-ring (bicyclic) bond motifs is 1. The molecule has 2 aliphatic rings. The quantitative estimate of drug-likeness (QED) is 0.831. The van der Waals surface area contributed by atoms with Crippen LogP contribution in [0.3, 0.4) is 0 Å². The van der Waals surface area contributed by atoms with Gasteiger partial charge in [-0.05, 0) is 37.9 Å². The van der Waals surface area contributed by atoms with Crippen molar-refractivity contribution in [2.45, 2.75) is 26.1 Å². The first-order valence-electron chi connectivity index (χ1n) is 6.43.